The number of hydrogen-bond donors (Lipinski definition) is 0. The quantitative estimate of drug-likeness (QED) is 0.551. The van der Waals surface area contributed by atoms with Gasteiger partial charge in [-0.3, -0.25) is 4.90 Å². The van der Waals surface area contributed by atoms with Gasteiger partial charge >= 0.3 is 6.03 Å². The van der Waals surface area contributed by atoms with Gasteiger partial charge in [0.2, 0.25) is 0 Å². The zero-order valence-corrected chi connectivity index (χ0v) is 17.5. The number of rotatable bonds is 5. The van der Waals surface area contributed by atoms with E-state index >= 15 is 0 Å². The third kappa shape index (κ3) is 3.74. The summed E-state index contributed by atoms with van der Waals surface area (Å²) in [5.74, 6) is 0.878. The number of para-hydroxylation sites is 2. The van der Waals surface area contributed by atoms with Gasteiger partial charge in [0.25, 0.3) is 0 Å². The molecule has 2 amide bonds. The van der Waals surface area contributed by atoms with E-state index in [0.29, 0.717) is 6.54 Å². The number of thioether (sulfide) groups is 1. The fraction of sp³-hybridized carbons (Fsp3) is 0.318. The molecule has 1 fully saturated rings. The molecule has 0 spiro atoms. The Bertz CT molecular complexity index is 920. The Hall–Kier alpha value is -2.80. The SMILES string of the molecule is CCn1c(SC)nnc1[C@H]1CCCN1C(=O)N(c1ccccc1)c1ccccc1. The van der Waals surface area contributed by atoms with E-state index in [2.05, 4.69) is 21.7 Å². The molecule has 1 aromatic heterocycles. The smallest absolute Gasteiger partial charge is 0.314 e. The van der Waals surface area contributed by atoms with Crippen LogP contribution in [-0.2, 0) is 6.54 Å². The van der Waals surface area contributed by atoms with Gasteiger partial charge in [0.15, 0.2) is 11.0 Å². The monoisotopic (exact) mass is 407 g/mol. The van der Waals surface area contributed by atoms with Gasteiger partial charge in [0, 0.05) is 13.1 Å². The van der Waals surface area contributed by atoms with Gasteiger partial charge in [-0.15, -0.1) is 10.2 Å². The topological polar surface area (TPSA) is 54.3 Å². The van der Waals surface area contributed by atoms with Crippen molar-refractivity contribution in [3.63, 3.8) is 0 Å². The summed E-state index contributed by atoms with van der Waals surface area (Å²) in [5.41, 5.74) is 1.72. The van der Waals surface area contributed by atoms with E-state index in [0.717, 1.165) is 41.7 Å². The molecule has 0 bridgehead atoms. The second-order valence-corrected chi connectivity index (χ2v) is 7.70. The van der Waals surface area contributed by atoms with Crippen LogP contribution >= 0.6 is 11.8 Å². The highest BCUT2D eigenvalue weighted by Gasteiger charge is 2.37. The molecule has 6 nitrogen and oxygen atoms in total. The Balaban J connectivity index is 1.71. The number of amides is 2. The molecule has 0 saturated carbocycles. The maximum atomic E-state index is 13.8. The highest BCUT2D eigenvalue weighted by molar-refractivity contribution is 7.98. The van der Waals surface area contributed by atoms with E-state index in [4.69, 9.17) is 0 Å². The third-order valence-electron chi connectivity index (χ3n) is 5.26. The van der Waals surface area contributed by atoms with E-state index in [-0.39, 0.29) is 12.1 Å². The van der Waals surface area contributed by atoms with Crippen molar-refractivity contribution in [1.82, 2.24) is 19.7 Å². The minimum atomic E-state index is -0.0641. The highest BCUT2D eigenvalue weighted by atomic mass is 32.2. The van der Waals surface area contributed by atoms with Gasteiger partial charge in [-0.2, -0.15) is 0 Å². The lowest BCUT2D eigenvalue weighted by molar-refractivity contribution is 0.199. The van der Waals surface area contributed by atoms with Crippen LogP contribution < -0.4 is 4.90 Å². The van der Waals surface area contributed by atoms with Crippen LogP contribution in [-0.4, -0.2) is 38.5 Å². The van der Waals surface area contributed by atoms with Crippen molar-refractivity contribution in [3.05, 3.63) is 66.5 Å². The van der Waals surface area contributed by atoms with Crippen molar-refractivity contribution in [1.29, 1.82) is 0 Å². The van der Waals surface area contributed by atoms with E-state index in [1.54, 1.807) is 16.7 Å². The van der Waals surface area contributed by atoms with Crippen LogP contribution in [0.15, 0.2) is 65.8 Å². The summed E-state index contributed by atoms with van der Waals surface area (Å²) in [6, 6.07) is 19.5. The average Bonchev–Trinajstić information content (AvgIpc) is 3.41. The summed E-state index contributed by atoms with van der Waals surface area (Å²) < 4.78 is 2.12. The number of anilines is 2. The van der Waals surface area contributed by atoms with Crippen molar-refractivity contribution in [2.75, 3.05) is 17.7 Å². The largest absolute Gasteiger partial charge is 0.329 e. The van der Waals surface area contributed by atoms with Crippen molar-refractivity contribution in [3.8, 4) is 0 Å². The van der Waals surface area contributed by atoms with Crippen LogP contribution in [0.1, 0.15) is 31.6 Å². The zero-order valence-electron chi connectivity index (χ0n) is 16.7. The second kappa shape index (κ2) is 8.69. The Morgan fingerprint density at radius 3 is 2.24 bits per heavy atom. The minimum Gasteiger partial charge on any atom is -0.314 e. The van der Waals surface area contributed by atoms with E-state index in [9.17, 15) is 4.79 Å². The van der Waals surface area contributed by atoms with Gasteiger partial charge in [0.1, 0.15) is 0 Å². The fourth-order valence-electron chi connectivity index (χ4n) is 3.91. The van der Waals surface area contributed by atoms with Gasteiger partial charge in [-0.25, -0.2) is 4.79 Å². The lowest BCUT2D eigenvalue weighted by Crippen LogP contribution is -2.41. The van der Waals surface area contributed by atoms with Crippen LogP contribution in [0.5, 0.6) is 0 Å². The summed E-state index contributed by atoms with van der Waals surface area (Å²) in [4.78, 5) is 17.5. The molecule has 0 aliphatic carbocycles. The van der Waals surface area contributed by atoms with Crippen LogP contribution in [0, 0.1) is 0 Å². The molecule has 0 unspecified atom stereocenters. The number of urea groups is 1. The molecule has 7 heteroatoms. The summed E-state index contributed by atoms with van der Waals surface area (Å²) in [5, 5.41) is 9.68. The Morgan fingerprint density at radius 1 is 1.07 bits per heavy atom. The first-order chi connectivity index (χ1) is 14.2. The third-order valence-corrected chi connectivity index (χ3v) is 5.93. The van der Waals surface area contributed by atoms with Crippen molar-refractivity contribution in [2.24, 2.45) is 0 Å². The molecular formula is C22H25N5OS. The Labute approximate surface area is 175 Å². The number of nitrogens with zero attached hydrogens (tertiary/aromatic N) is 5. The molecule has 150 valence electrons. The van der Waals surface area contributed by atoms with Gasteiger partial charge in [0.05, 0.1) is 17.4 Å². The summed E-state index contributed by atoms with van der Waals surface area (Å²) >= 11 is 1.58. The first-order valence-corrected chi connectivity index (χ1v) is 11.1. The van der Waals surface area contributed by atoms with Crippen LogP contribution in [0.3, 0.4) is 0 Å². The number of carbonyl (C=O) groups is 1. The van der Waals surface area contributed by atoms with Crippen molar-refractivity contribution < 1.29 is 4.79 Å². The maximum Gasteiger partial charge on any atom is 0.329 e. The minimum absolute atomic E-state index is 0.0266. The van der Waals surface area contributed by atoms with Crippen LogP contribution in [0.2, 0.25) is 0 Å². The molecule has 1 atom stereocenters. The predicted octanol–water partition coefficient (Wildman–Crippen LogP) is 5.12. The molecule has 1 saturated heterocycles. The van der Waals surface area contributed by atoms with Crippen LogP contribution in [0.25, 0.3) is 0 Å². The molecule has 2 aromatic carbocycles. The van der Waals surface area contributed by atoms with E-state index in [1.807, 2.05) is 71.8 Å². The van der Waals surface area contributed by atoms with E-state index in [1.165, 1.54) is 0 Å². The number of hydrogen-bond acceptors (Lipinski definition) is 4. The molecule has 3 aromatic rings. The highest BCUT2D eigenvalue weighted by Crippen LogP contribution is 2.36. The summed E-state index contributed by atoms with van der Waals surface area (Å²) in [6.07, 6.45) is 3.86. The summed E-state index contributed by atoms with van der Waals surface area (Å²) in [6.45, 7) is 3.59. The molecule has 0 radical (unpaired) electrons. The number of aromatic nitrogens is 3. The number of likely N-dealkylation sites (tertiary alicyclic amines) is 1. The first-order valence-electron chi connectivity index (χ1n) is 9.92. The molecule has 29 heavy (non-hydrogen) atoms. The molecule has 0 N–H and O–H groups in total. The lowest BCUT2D eigenvalue weighted by atomic mass is 10.2. The molecule has 2 heterocycles. The fourth-order valence-corrected chi connectivity index (χ4v) is 4.48. The van der Waals surface area contributed by atoms with Crippen molar-refractivity contribution in [2.45, 2.75) is 37.5 Å². The second-order valence-electron chi connectivity index (χ2n) is 6.93. The number of benzene rings is 2. The predicted molar refractivity (Wildman–Crippen MR) is 117 cm³/mol. The maximum absolute atomic E-state index is 13.8. The molecule has 1 aliphatic heterocycles. The first kappa shape index (κ1) is 19.5. The average molecular weight is 408 g/mol. The lowest BCUT2D eigenvalue weighted by Gasteiger charge is -2.31. The Kier molecular flexibility index (Phi) is 5.85. The normalized spacial score (nSPS) is 16.2. The standard InChI is InChI=1S/C22H25N5OS/c1-3-25-20(23-24-21(25)29-2)19-15-10-16-26(19)22(28)27(17-11-6-4-7-12-17)18-13-8-5-9-14-18/h4-9,11-14,19H,3,10,15-16H2,1-2H3/t19-/m1/s1. The van der Waals surface area contributed by atoms with Crippen molar-refractivity contribution >= 4 is 29.2 Å². The van der Waals surface area contributed by atoms with Gasteiger partial charge in [-0.1, -0.05) is 48.2 Å². The molecule has 4 rings (SSSR count). The van der Waals surface area contributed by atoms with E-state index < -0.39 is 0 Å². The van der Waals surface area contributed by atoms with Crippen LogP contribution in [0.4, 0.5) is 16.2 Å². The molecule has 1 aliphatic rings. The number of carbonyl (C=O) groups excluding carboxylic acids is 1. The molecular weight excluding hydrogens is 382 g/mol. The zero-order chi connectivity index (χ0) is 20.2. The van der Waals surface area contributed by atoms with Gasteiger partial charge in [-0.05, 0) is 50.3 Å². The van der Waals surface area contributed by atoms with Gasteiger partial charge < -0.3 is 9.47 Å². The Morgan fingerprint density at radius 2 is 1.69 bits per heavy atom. The summed E-state index contributed by atoms with van der Waals surface area (Å²) in [7, 11) is 0.